The molecule has 0 saturated carbocycles. The van der Waals surface area contributed by atoms with Gasteiger partial charge in [0.1, 0.15) is 17.7 Å². The van der Waals surface area contributed by atoms with Gasteiger partial charge in [-0.15, -0.1) is 0 Å². The van der Waals surface area contributed by atoms with Gasteiger partial charge in [0.25, 0.3) is 0 Å². The van der Waals surface area contributed by atoms with Gasteiger partial charge in [-0.25, -0.2) is 4.79 Å². The summed E-state index contributed by atoms with van der Waals surface area (Å²) in [7, 11) is 3.03. The Kier molecular flexibility index (Phi) is 9.23. The Bertz CT molecular complexity index is 1470. The molecule has 2 aliphatic rings. The van der Waals surface area contributed by atoms with E-state index < -0.39 is 11.9 Å². The first-order valence-corrected chi connectivity index (χ1v) is 14.2. The second kappa shape index (κ2) is 12.8. The first-order valence-electron chi connectivity index (χ1n) is 13.2. The zero-order valence-corrected chi connectivity index (χ0v) is 23.9. The van der Waals surface area contributed by atoms with Crippen LogP contribution in [0.4, 0.5) is 0 Å². The van der Waals surface area contributed by atoms with Crippen LogP contribution in [0.5, 0.6) is 11.5 Å². The second-order valence-electron chi connectivity index (χ2n) is 9.26. The molecule has 0 saturated heterocycles. The number of pyridine rings is 1. The SMILES string of the molecule is CCOC(=O)C1=C(SCc2nc(CC)c3c(c2C#N)CCCC3)OC(N)=C(C#N)[C@@H]1c1ccc(OC)c(OC)c1. The third-order valence-corrected chi connectivity index (χ3v) is 8.07. The zero-order valence-electron chi connectivity index (χ0n) is 23.1. The van der Waals surface area contributed by atoms with Crippen molar-refractivity contribution < 1.29 is 23.7 Å². The van der Waals surface area contributed by atoms with Gasteiger partial charge in [-0.3, -0.25) is 4.98 Å². The van der Waals surface area contributed by atoms with E-state index in [4.69, 9.17) is 29.7 Å². The van der Waals surface area contributed by atoms with Crippen molar-refractivity contribution in [3.8, 4) is 23.6 Å². The molecule has 0 unspecified atom stereocenters. The summed E-state index contributed by atoms with van der Waals surface area (Å²) in [5, 5.41) is 20.3. The van der Waals surface area contributed by atoms with Gasteiger partial charge in [0.15, 0.2) is 16.6 Å². The molecule has 0 spiro atoms. The molecule has 4 rings (SSSR count). The summed E-state index contributed by atoms with van der Waals surface area (Å²) < 4.78 is 22.1. The minimum Gasteiger partial charge on any atom is -0.493 e. The number of aromatic nitrogens is 1. The second-order valence-corrected chi connectivity index (χ2v) is 10.2. The van der Waals surface area contributed by atoms with Crippen LogP contribution < -0.4 is 15.2 Å². The van der Waals surface area contributed by atoms with Gasteiger partial charge in [0.05, 0.1) is 43.6 Å². The number of benzene rings is 1. The van der Waals surface area contributed by atoms with Crippen molar-refractivity contribution >= 4 is 17.7 Å². The van der Waals surface area contributed by atoms with Crippen molar-refractivity contribution in [1.82, 2.24) is 4.98 Å². The number of hydrogen-bond donors (Lipinski definition) is 1. The van der Waals surface area contributed by atoms with Gasteiger partial charge in [0, 0.05) is 11.4 Å². The Morgan fingerprint density at radius 3 is 2.45 bits per heavy atom. The van der Waals surface area contributed by atoms with Crippen LogP contribution in [-0.2, 0) is 39.3 Å². The number of carbonyl (C=O) groups is 1. The highest BCUT2D eigenvalue weighted by Gasteiger charge is 2.38. The van der Waals surface area contributed by atoms with E-state index >= 15 is 0 Å². The van der Waals surface area contributed by atoms with Crippen molar-refractivity contribution in [3.63, 3.8) is 0 Å². The quantitative estimate of drug-likeness (QED) is 0.420. The molecule has 0 radical (unpaired) electrons. The number of nitrogens with zero attached hydrogens (tertiary/aromatic N) is 3. The lowest BCUT2D eigenvalue weighted by Crippen LogP contribution is -2.25. The van der Waals surface area contributed by atoms with E-state index in [0.717, 1.165) is 43.4 Å². The monoisotopic (exact) mass is 560 g/mol. The summed E-state index contributed by atoms with van der Waals surface area (Å²) in [5.74, 6) is -0.389. The minimum atomic E-state index is -0.863. The number of ether oxygens (including phenoxy) is 4. The van der Waals surface area contributed by atoms with E-state index in [1.807, 2.05) is 0 Å². The average molecular weight is 561 g/mol. The first kappa shape index (κ1) is 28.8. The van der Waals surface area contributed by atoms with E-state index in [1.54, 1.807) is 25.1 Å². The first-order chi connectivity index (χ1) is 19.4. The van der Waals surface area contributed by atoms with E-state index in [1.165, 1.54) is 31.5 Å². The molecular formula is C30H32N4O5S. The normalized spacial score (nSPS) is 16.4. The maximum absolute atomic E-state index is 13.4. The Morgan fingerprint density at radius 2 is 1.82 bits per heavy atom. The number of fused-ring (bicyclic) bond motifs is 1. The lowest BCUT2D eigenvalue weighted by molar-refractivity contribution is -0.139. The standard InChI is InChI=1S/C30H32N4O5S/c1-5-22-19-10-8-7-9-18(19)20(14-31)23(34-22)16-40-30-27(29(35)38-6-2)26(21(15-32)28(33)39-30)17-11-12-24(36-3)25(13-17)37-4/h11-13,26H,5-10,16,33H2,1-4H3/t26-/m0/s1. The van der Waals surface area contributed by atoms with Crippen LogP contribution in [0.1, 0.15) is 66.2 Å². The highest BCUT2D eigenvalue weighted by atomic mass is 32.2. The van der Waals surface area contributed by atoms with Crippen LogP contribution in [0.3, 0.4) is 0 Å². The summed E-state index contributed by atoms with van der Waals surface area (Å²) in [6.45, 7) is 3.90. The molecule has 10 heteroatoms. The van der Waals surface area contributed by atoms with Crippen LogP contribution in [0.2, 0.25) is 0 Å². The summed E-state index contributed by atoms with van der Waals surface area (Å²) in [6, 6.07) is 9.63. The third kappa shape index (κ3) is 5.45. The van der Waals surface area contributed by atoms with Crippen molar-refractivity contribution in [2.75, 3.05) is 20.8 Å². The van der Waals surface area contributed by atoms with Crippen LogP contribution in [0.15, 0.2) is 40.3 Å². The number of carbonyl (C=O) groups excluding carboxylic acids is 1. The summed E-state index contributed by atoms with van der Waals surface area (Å²) in [4.78, 5) is 18.3. The molecule has 208 valence electrons. The number of rotatable bonds is 9. The van der Waals surface area contributed by atoms with Crippen molar-refractivity contribution in [3.05, 3.63) is 74.0 Å². The number of thioether (sulfide) groups is 1. The van der Waals surface area contributed by atoms with Crippen molar-refractivity contribution in [2.24, 2.45) is 5.73 Å². The predicted octanol–water partition coefficient (Wildman–Crippen LogP) is 4.93. The van der Waals surface area contributed by atoms with Crippen molar-refractivity contribution in [1.29, 1.82) is 10.5 Å². The molecule has 2 heterocycles. The van der Waals surface area contributed by atoms with Gasteiger partial charge in [-0.1, -0.05) is 24.8 Å². The molecule has 1 aromatic carbocycles. The summed E-state index contributed by atoms with van der Waals surface area (Å²) in [5.41, 5.74) is 11.6. The number of methoxy groups -OCH3 is 2. The van der Waals surface area contributed by atoms with Gasteiger partial charge in [0.2, 0.25) is 5.88 Å². The van der Waals surface area contributed by atoms with Gasteiger partial charge < -0.3 is 24.7 Å². The maximum Gasteiger partial charge on any atom is 0.339 e. The largest absolute Gasteiger partial charge is 0.493 e. The lowest BCUT2D eigenvalue weighted by atomic mass is 9.84. The number of aryl methyl sites for hydroxylation is 1. The van der Waals surface area contributed by atoms with Gasteiger partial charge in [-0.2, -0.15) is 10.5 Å². The Balaban J connectivity index is 1.82. The number of hydrogen-bond acceptors (Lipinski definition) is 10. The van der Waals surface area contributed by atoms with E-state index in [2.05, 4.69) is 19.1 Å². The average Bonchev–Trinajstić information content (AvgIpc) is 2.98. The number of allylic oxidation sites excluding steroid dienone is 1. The number of nitriles is 2. The molecule has 0 amide bonds. The smallest absolute Gasteiger partial charge is 0.339 e. The minimum absolute atomic E-state index is 0.0810. The molecule has 1 aliphatic heterocycles. The highest BCUT2D eigenvalue weighted by molar-refractivity contribution is 8.02. The molecule has 2 aromatic rings. The zero-order chi connectivity index (χ0) is 28.8. The fourth-order valence-electron chi connectivity index (χ4n) is 5.24. The van der Waals surface area contributed by atoms with Gasteiger partial charge in [-0.05, 0) is 67.9 Å². The molecular weight excluding hydrogens is 528 g/mol. The van der Waals surface area contributed by atoms with Crippen LogP contribution in [-0.4, -0.2) is 31.8 Å². The fraction of sp³-hybridized carbons (Fsp3) is 0.400. The molecule has 1 aromatic heterocycles. The topological polar surface area (TPSA) is 140 Å². The Labute approximate surface area is 238 Å². The molecule has 1 aliphatic carbocycles. The van der Waals surface area contributed by atoms with Gasteiger partial charge >= 0.3 is 5.97 Å². The van der Waals surface area contributed by atoms with E-state index in [0.29, 0.717) is 28.3 Å². The lowest BCUT2D eigenvalue weighted by Gasteiger charge is -2.28. The maximum atomic E-state index is 13.4. The summed E-state index contributed by atoms with van der Waals surface area (Å²) in [6.07, 6.45) is 4.67. The summed E-state index contributed by atoms with van der Waals surface area (Å²) >= 11 is 1.21. The van der Waals surface area contributed by atoms with Crippen LogP contribution in [0, 0.1) is 22.7 Å². The molecule has 0 bridgehead atoms. The fourth-order valence-corrected chi connectivity index (χ4v) is 6.22. The molecule has 9 nitrogen and oxygen atoms in total. The van der Waals surface area contributed by atoms with E-state index in [9.17, 15) is 15.3 Å². The molecule has 2 N–H and O–H groups in total. The number of nitrogens with two attached hydrogens (primary N) is 1. The number of esters is 1. The highest BCUT2D eigenvalue weighted by Crippen LogP contribution is 2.45. The Morgan fingerprint density at radius 1 is 1.10 bits per heavy atom. The molecule has 40 heavy (non-hydrogen) atoms. The van der Waals surface area contributed by atoms with Crippen LogP contribution in [0.25, 0.3) is 0 Å². The van der Waals surface area contributed by atoms with E-state index in [-0.39, 0.29) is 34.5 Å². The third-order valence-electron chi connectivity index (χ3n) is 7.09. The van der Waals surface area contributed by atoms with Crippen LogP contribution >= 0.6 is 11.8 Å². The molecule has 1 atom stereocenters. The predicted molar refractivity (Wildman–Crippen MR) is 150 cm³/mol. The molecule has 0 fully saturated rings. The Hall–Kier alpha value is -4.15. The van der Waals surface area contributed by atoms with Crippen molar-refractivity contribution in [2.45, 2.75) is 57.6 Å².